The summed E-state index contributed by atoms with van der Waals surface area (Å²) < 4.78 is 5.18. The smallest absolute Gasteiger partial charge is 0.241 e. The zero-order chi connectivity index (χ0) is 13.0. The van der Waals surface area contributed by atoms with Crippen molar-refractivity contribution < 1.29 is 9.53 Å². The summed E-state index contributed by atoms with van der Waals surface area (Å²) in [7, 11) is 1.59. The lowest BCUT2D eigenvalue weighted by atomic mass is 10.3. The molecule has 1 aliphatic rings. The van der Waals surface area contributed by atoms with Gasteiger partial charge in [0.05, 0.1) is 12.8 Å². The molecule has 0 unspecified atom stereocenters. The zero-order valence-corrected chi connectivity index (χ0v) is 10.8. The van der Waals surface area contributed by atoms with Crippen LogP contribution in [-0.2, 0) is 4.79 Å². The molecule has 6 heteroatoms. The minimum Gasteiger partial charge on any atom is -0.495 e. The second kappa shape index (κ2) is 5.68. The van der Waals surface area contributed by atoms with E-state index in [-0.39, 0.29) is 11.8 Å². The van der Waals surface area contributed by atoms with Gasteiger partial charge in [0.1, 0.15) is 5.75 Å². The molecule has 1 aromatic carbocycles. The first kappa shape index (κ1) is 12.6. The topological polar surface area (TPSA) is 62.4 Å². The predicted octanol–water partition coefficient (Wildman–Crippen LogP) is 1.42. The van der Waals surface area contributed by atoms with Gasteiger partial charge in [-0.05, 0) is 37.2 Å². The van der Waals surface area contributed by atoms with Crippen LogP contribution in [0.3, 0.4) is 0 Å². The molecule has 1 fully saturated rings. The Balaban J connectivity index is 1.84. The average Bonchev–Trinajstić information content (AvgIpc) is 3.21. The molecule has 2 rings (SSSR count). The minimum atomic E-state index is -0.0147. The Morgan fingerprint density at radius 1 is 1.33 bits per heavy atom. The van der Waals surface area contributed by atoms with Crippen LogP contribution in [0, 0.1) is 5.92 Å². The first-order chi connectivity index (χ1) is 8.70. The Morgan fingerprint density at radius 2 is 2.06 bits per heavy atom. The van der Waals surface area contributed by atoms with Crippen molar-refractivity contribution in [1.82, 2.24) is 10.9 Å². The van der Waals surface area contributed by atoms with E-state index in [1.807, 2.05) is 24.3 Å². The molecule has 0 heterocycles. The second-order valence-corrected chi connectivity index (χ2v) is 4.45. The van der Waals surface area contributed by atoms with E-state index in [4.69, 9.17) is 17.0 Å². The quantitative estimate of drug-likeness (QED) is 0.570. The van der Waals surface area contributed by atoms with E-state index >= 15 is 0 Å². The Bertz CT molecular complexity index is 460. The summed E-state index contributed by atoms with van der Waals surface area (Å²) in [5.41, 5.74) is 5.99. The van der Waals surface area contributed by atoms with Crippen molar-refractivity contribution in [3.63, 3.8) is 0 Å². The van der Waals surface area contributed by atoms with Gasteiger partial charge < -0.3 is 10.1 Å². The molecule has 1 aromatic rings. The van der Waals surface area contributed by atoms with Crippen LogP contribution in [0.15, 0.2) is 24.3 Å². The van der Waals surface area contributed by atoms with Gasteiger partial charge in [0.15, 0.2) is 5.11 Å². The molecule has 0 saturated heterocycles. The normalized spacial score (nSPS) is 13.6. The molecule has 0 bridgehead atoms. The fraction of sp³-hybridized carbons (Fsp3) is 0.333. The minimum absolute atomic E-state index is 0.0147. The van der Waals surface area contributed by atoms with Crippen molar-refractivity contribution >= 4 is 28.9 Å². The van der Waals surface area contributed by atoms with Gasteiger partial charge in [-0.15, -0.1) is 0 Å². The standard InChI is InChI=1S/C12H15N3O2S/c1-17-10-5-3-2-4-9(10)13-12(18)15-14-11(16)8-6-7-8/h2-5,8H,6-7H2,1H3,(H,14,16)(H2,13,15,18). The number of rotatable bonds is 3. The van der Waals surface area contributed by atoms with Crippen molar-refractivity contribution in [1.29, 1.82) is 0 Å². The SMILES string of the molecule is COc1ccccc1NC(=S)NNC(=O)C1CC1. The van der Waals surface area contributed by atoms with Crippen LogP contribution in [-0.4, -0.2) is 18.1 Å². The maximum absolute atomic E-state index is 11.4. The Morgan fingerprint density at radius 3 is 2.72 bits per heavy atom. The van der Waals surface area contributed by atoms with Crippen molar-refractivity contribution in [3.05, 3.63) is 24.3 Å². The first-order valence-corrected chi connectivity index (χ1v) is 6.11. The molecule has 0 aliphatic heterocycles. The molecule has 1 amide bonds. The lowest BCUT2D eigenvalue weighted by Crippen LogP contribution is -2.44. The first-order valence-electron chi connectivity index (χ1n) is 5.70. The number of benzene rings is 1. The third kappa shape index (κ3) is 3.33. The third-order valence-electron chi connectivity index (χ3n) is 2.60. The maximum Gasteiger partial charge on any atom is 0.241 e. The Kier molecular flexibility index (Phi) is 3.99. The molecule has 96 valence electrons. The van der Waals surface area contributed by atoms with Crippen molar-refractivity contribution in [2.45, 2.75) is 12.8 Å². The second-order valence-electron chi connectivity index (χ2n) is 4.04. The van der Waals surface area contributed by atoms with Crippen molar-refractivity contribution in [3.8, 4) is 5.75 Å². The van der Waals surface area contributed by atoms with Gasteiger partial charge in [0.2, 0.25) is 5.91 Å². The summed E-state index contributed by atoms with van der Waals surface area (Å²) in [5, 5.41) is 3.28. The molecule has 0 radical (unpaired) electrons. The number of methoxy groups -OCH3 is 1. The van der Waals surface area contributed by atoms with Crippen LogP contribution >= 0.6 is 12.2 Å². The summed E-state index contributed by atoms with van der Waals surface area (Å²) in [6, 6.07) is 7.41. The molecular weight excluding hydrogens is 250 g/mol. The predicted molar refractivity (Wildman–Crippen MR) is 73.2 cm³/mol. The number of carbonyl (C=O) groups is 1. The highest BCUT2D eigenvalue weighted by Gasteiger charge is 2.29. The molecule has 0 aromatic heterocycles. The van der Waals surface area contributed by atoms with E-state index in [1.165, 1.54) is 0 Å². The molecule has 0 atom stereocenters. The zero-order valence-electron chi connectivity index (χ0n) is 10.0. The maximum atomic E-state index is 11.4. The Labute approximate surface area is 111 Å². The molecule has 1 saturated carbocycles. The van der Waals surface area contributed by atoms with Gasteiger partial charge in [0.25, 0.3) is 0 Å². The van der Waals surface area contributed by atoms with E-state index in [0.717, 1.165) is 18.5 Å². The largest absolute Gasteiger partial charge is 0.495 e. The van der Waals surface area contributed by atoms with E-state index in [0.29, 0.717) is 10.9 Å². The van der Waals surface area contributed by atoms with Crippen LogP contribution in [0.1, 0.15) is 12.8 Å². The third-order valence-corrected chi connectivity index (χ3v) is 2.81. The molecule has 5 nitrogen and oxygen atoms in total. The summed E-state index contributed by atoms with van der Waals surface area (Å²) in [4.78, 5) is 11.4. The number of anilines is 1. The number of hydrogen-bond acceptors (Lipinski definition) is 3. The van der Waals surface area contributed by atoms with Gasteiger partial charge in [-0.3, -0.25) is 15.6 Å². The van der Waals surface area contributed by atoms with Crippen LogP contribution < -0.4 is 20.9 Å². The highest BCUT2D eigenvalue weighted by molar-refractivity contribution is 7.80. The van der Waals surface area contributed by atoms with Crippen LogP contribution in [0.5, 0.6) is 5.75 Å². The number of thiocarbonyl (C=S) groups is 1. The van der Waals surface area contributed by atoms with E-state index < -0.39 is 0 Å². The molecule has 18 heavy (non-hydrogen) atoms. The lowest BCUT2D eigenvalue weighted by Gasteiger charge is -2.13. The summed E-state index contributed by atoms with van der Waals surface area (Å²) >= 11 is 5.08. The number of hydrazine groups is 1. The molecule has 1 aliphatic carbocycles. The number of carbonyl (C=O) groups excluding carboxylic acids is 1. The summed E-state index contributed by atoms with van der Waals surface area (Å²) in [6.45, 7) is 0. The van der Waals surface area contributed by atoms with Gasteiger partial charge in [-0.25, -0.2) is 0 Å². The number of ether oxygens (including phenoxy) is 1. The average molecular weight is 265 g/mol. The van der Waals surface area contributed by atoms with Crippen molar-refractivity contribution in [2.75, 3.05) is 12.4 Å². The molecule has 0 spiro atoms. The van der Waals surface area contributed by atoms with Crippen LogP contribution in [0.25, 0.3) is 0 Å². The Hall–Kier alpha value is -1.82. The number of amides is 1. The summed E-state index contributed by atoms with van der Waals surface area (Å²) in [6.07, 6.45) is 1.92. The van der Waals surface area contributed by atoms with E-state index in [1.54, 1.807) is 7.11 Å². The highest BCUT2D eigenvalue weighted by Crippen LogP contribution is 2.28. The number of hydrogen-bond donors (Lipinski definition) is 3. The van der Waals surface area contributed by atoms with Gasteiger partial charge in [-0.1, -0.05) is 12.1 Å². The highest BCUT2D eigenvalue weighted by atomic mass is 32.1. The van der Waals surface area contributed by atoms with Gasteiger partial charge in [-0.2, -0.15) is 0 Å². The van der Waals surface area contributed by atoms with Gasteiger partial charge >= 0.3 is 0 Å². The fourth-order valence-electron chi connectivity index (χ4n) is 1.47. The lowest BCUT2D eigenvalue weighted by molar-refractivity contribution is -0.122. The van der Waals surface area contributed by atoms with Gasteiger partial charge in [0, 0.05) is 5.92 Å². The van der Waals surface area contributed by atoms with E-state index in [9.17, 15) is 4.79 Å². The monoisotopic (exact) mass is 265 g/mol. The van der Waals surface area contributed by atoms with E-state index in [2.05, 4.69) is 16.2 Å². The number of para-hydroxylation sites is 2. The summed E-state index contributed by atoms with van der Waals surface area (Å²) in [5.74, 6) is 0.820. The molecule has 3 N–H and O–H groups in total. The fourth-order valence-corrected chi connectivity index (χ4v) is 1.63. The van der Waals surface area contributed by atoms with Crippen LogP contribution in [0.2, 0.25) is 0 Å². The number of nitrogens with one attached hydrogen (secondary N) is 3. The van der Waals surface area contributed by atoms with Crippen molar-refractivity contribution in [2.24, 2.45) is 5.92 Å². The molecular formula is C12H15N3O2S. The van der Waals surface area contributed by atoms with Crippen LogP contribution in [0.4, 0.5) is 5.69 Å².